The summed E-state index contributed by atoms with van der Waals surface area (Å²) in [4.78, 5) is 23.2. The Morgan fingerprint density at radius 3 is 2.62 bits per heavy atom. The number of anilines is 1. The van der Waals surface area contributed by atoms with Crippen molar-refractivity contribution in [1.29, 1.82) is 0 Å². The summed E-state index contributed by atoms with van der Waals surface area (Å²) in [6, 6.07) is 5.66. The van der Waals surface area contributed by atoms with Crippen molar-refractivity contribution < 1.29 is 9.59 Å². The molecule has 7 heteroatoms. The number of amides is 2. The number of halogens is 2. The van der Waals surface area contributed by atoms with Gasteiger partial charge in [0.15, 0.2) is 0 Å². The summed E-state index contributed by atoms with van der Waals surface area (Å²) >= 11 is 3.36. The SMILES string of the molecule is CNCCCC(=O)NCC(=O)Nc1cc(Br)ccc1C.Cl. The first kappa shape index (κ1) is 19.9. The molecule has 0 unspecified atom stereocenters. The van der Waals surface area contributed by atoms with E-state index in [4.69, 9.17) is 0 Å². The molecule has 0 fully saturated rings. The zero-order valence-electron chi connectivity index (χ0n) is 12.2. The number of hydrogen-bond donors (Lipinski definition) is 3. The first-order valence-electron chi connectivity index (χ1n) is 6.50. The van der Waals surface area contributed by atoms with Crippen LogP contribution in [-0.2, 0) is 9.59 Å². The average molecular weight is 379 g/mol. The maximum absolute atomic E-state index is 11.8. The summed E-state index contributed by atoms with van der Waals surface area (Å²) < 4.78 is 0.898. The van der Waals surface area contributed by atoms with Crippen LogP contribution in [0, 0.1) is 6.92 Å². The minimum absolute atomic E-state index is 0. The maximum atomic E-state index is 11.8. The number of carbonyl (C=O) groups excluding carboxylic acids is 2. The van der Waals surface area contributed by atoms with Crippen molar-refractivity contribution in [2.24, 2.45) is 0 Å². The average Bonchev–Trinajstić information content (AvgIpc) is 2.41. The summed E-state index contributed by atoms with van der Waals surface area (Å²) in [5, 5.41) is 8.35. The van der Waals surface area contributed by atoms with Crippen molar-refractivity contribution in [2.75, 3.05) is 25.5 Å². The molecule has 0 aliphatic heterocycles. The normalized spacial score (nSPS) is 9.67. The van der Waals surface area contributed by atoms with Gasteiger partial charge < -0.3 is 16.0 Å². The largest absolute Gasteiger partial charge is 0.347 e. The van der Waals surface area contributed by atoms with Gasteiger partial charge in [-0.25, -0.2) is 0 Å². The topological polar surface area (TPSA) is 70.2 Å². The predicted octanol–water partition coefficient (Wildman–Crippen LogP) is 2.23. The molecule has 0 aliphatic rings. The molecule has 0 heterocycles. The van der Waals surface area contributed by atoms with Crippen LogP contribution in [0.15, 0.2) is 22.7 Å². The van der Waals surface area contributed by atoms with Crippen LogP contribution >= 0.6 is 28.3 Å². The van der Waals surface area contributed by atoms with Crippen LogP contribution in [0.4, 0.5) is 5.69 Å². The molecule has 0 radical (unpaired) electrons. The Kier molecular flexibility index (Phi) is 10.0. The molecule has 1 rings (SSSR count). The lowest BCUT2D eigenvalue weighted by molar-refractivity contribution is -0.124. The number of carbonyl (C=O) groups is 2. The van der Waals surface area contributed by atoms with E-state index in [2.05, 4.69) is 31.9 Å². The van der Waals surface area contributed by atoms with Gasteiger partial charge in [-0.1, -0.05) is 22.0 Å². The fraction of sp³-hybridized carbons (Fsp3) is 0.429. The summed E-state index contributed by atoms with van der Waals surface area (Å²) in [6.45, 7) is 2.69. The van der Waals surface area contributed by atoms with Gasteiger partial charge in [0.2, 0.25) is 11.8 Å². The highest BCUT2D eigenvalue weighted by molar-refractivity contribution is 9.10. The van der Waals surface area contributed by atoms with E-state index in [1.807, 2.05) is 32.2 Å². The van der Waals surface area contributed by atoms with Crippen molar-refractivity contribution in [1.82, 2.24) is 10.6 Å². The minimum Gasteiger partial charge on any atom is -0.347 e. The Morgan fingerprint density at radius 1 is 1.24 bits per heavy atom. The number of hydrogen-bond acceptors (Lipinski definition) is 3. The highest BCUT2D eigenvalue weighted by atomic mass is 79.9. The molecule has 2 amide bonds. The molecule has 5 nitrogen and oxygen atoms in total. The highest BCUT2D eigenvalue weighted by Gasteiger charge is 2.07. The van der Waals surface area contributed by atoms with Crippen molar-refractivity contribution in [2.45, 2.75) is 19.8 Å². The van der Waals surface area contributed by atoms with Crippen molar-refractivity contribution in [3.8, 4) is 0 Å². The lowest BCUT2D eigenvalue weighted by Gasteiger charge is -2.09. The lowest BCUT2D eigenvalue weighted by atomic mass is 10.2. The van der Waals surface area contributed by atoms with Crippen LogP contribution in [0.1, 0.15) is 18.4 Å². The highest BCUT2D eigenvalue weighted by Crippen LogP contribution is 2.20. The molecule has 0 aliphatic carbocycles. The van der Waals surface area contributed by atoms with E-state index in [1.54, 1.807) is 0 Å². The number of aryl methyl sites for hydroxylation is 1. The smallest absolute Gasteiger partial charge is 0.243 e. The molecule has 118 valence electrons. The number of nitrogens with one attached hydrogen (secondary N) is 3. The van der Waals surface area contributed by atoms with Crippen LogP contribution in [-0.4, -0.2) is 32.0 Å². The van der Waals surface area contributed by atoms with Crippen LogP contribution < -0.4 is 16.0 Å². The Labute approximate surface area is 139 Å². The summed E-state index contributed by atoms with van der Waals surface area (Å²) in [5.41, 5.74) is 1.72. The van der Waals surface area contributed by atoms with Crippen molar-refractivity contribution >= 4 is 45.8 Å². The summed E-state index contributed by atoms with van der Waals surface area (Å²) in [5.74, 6) is -0.338. The molecule has 0 atom stereocenters. The first-order chi connectivity index (χ1) is 9.52. The van der Waals surface area contributed by atoms with E-state index in [9.17, 15) is 9.59 Å². The number of rotatable bonds is 7. The van der Waals surface area contributed by atoms with Crippen LogP contribution in [0.5, 0.6) is 0 Å². The van der Waals surface area contributed by atoms with Gasteiger partial charge in [0, 0.05) is 16.6 Å². The molecular formula is C14H21BrClN3O2. The third kappa shape index (κ3) is 8.04. The van der Waals surface area contributed by atoms with E-state index in [-0.39, 0.29) is 30.8 Å². The molecule has 0 aromatic heterocycles. The standard InChI is InChI=1S/C14H20BrN3O2.ClH/c1-10-5-6-11(15)8-12(10)18-14(20)9-17-13(19)4-3-7-16-2;/h5-6,8,16H,3-4,7,9H2,1-2H3,(H,17,19)(H,18,20);1H. The second-order valence-corrected chi connectivity index (χ2v) is 5.41. The van der Waals surface area contributed by atoms with E-state index in [0.29, 0.717) is 6.42 Å². The first-order valence-corrected chi connectivity index (χ1v) is 7.29. The van der Waals surface area contributed by atoms with E-state index < -0.39 is 0 Å². The molecular weight excluding hydrogens is 358 g/mol. The van der Waals surface area contributed by atoms with Crippen LogP contribution in [0.3, 0.4) is 0 Å². The zero-order chi connectivity index (χ0) is 15.0. The van der Waals surface area contributed by atoms with E-state index >= 15 is 0 Å². The predicted molar refractivity (Wildman–Crippen MR) is 90.9 cm³/mol. The summed E-state index contributed by atoms with van der Waals surface area (Å²) in [7, 11) is 1.84. The molecule has 0 saturated heterocycles. The zero-order valence-corrected chi connectivity index (χ0v) is 14.6. The fourth-order valence-corrected chi connectivity index (χ4v) is 1.98. The third-order valence-corrected chi connectivity index (χ3v) is 3.24. The Bertz CT molecular complexity index is 483. The van der Waals surface area contributed by atoms with E-state index in [0.717, 1.165) is 28.7 Å². The molecule has 0 saturated carbocycles. The van der Waals surface area contributed by atoms with Gasteiger partial charge in [-0.3, -0.25) is 9.59 Å². The number of benzene rings is 1. The minimum atomic E-state index is -0.229. The van der Waals surface area contributed by atoms with Crippen molar-refractivity contribution in [3.63, 3.8) is 0 Å². The van der Waals surface area contributed by atoms with Crippen molar-refractivity contribution in [3.05, 3.63) is 28.2 Å². The Morgan fingerprint density at radius 2 is 1.95 bits per heavy atom. The van der Waals surface area contributed by atoms with Gasteiger partial charge >= 0.3 is 0 Å². The van der Waals surface area contributed by atoms with Gasteiger partial charge in [-0.2, -0.15) is 0 Å². The van der Waals surface area contributed by atoms with Gasteiger partial charge in [0.25, 0.3) is 0 Å². The van der Waals surface area contributed by atoms with Gasteiger partial charge in [-0.05, 0) is 44.6 Å². The molecule has 3 N–H and O–H groups in total. The van der Waals surface area contributed by atoms with Crippen LogP contribution in [0.2, 0.25) is 0 Å². The Hall–Kier alpha value is -1.11. The Balaban J connectivity index is 0.00000400. The lowest BCUT2D eigenvalue weighted by Crippen LogP contribution is -2.33. The van der Waals surface area contributed by atoms with Gasteiger partial charge in [0.1, 0.15) is 0 Å². The fourth-order valence-electron chi connectivity index (χ4n) is 1.62. The van der Waals surface area contributed by atoms with E-state index in [1.165, 1.54) is 0 Å². The maximum Gasteiger partial charge on any atom is 0.243 e. The molecule has 21 heavy (non-hydrogen) atoms. The molecule has 0 spiro atoms. The third-order valence-electron chi connectivity index (χ3n) is 2.75. The monoisotopic (exact) mass is 377 g/mol. The van der Waals surface area contributed by atoms with Gasteiger partial charge in [0.05, 0.1) is 6.54 Å². The molecule has 1 aromatic rings. The van der Waals surface area contributed by atoms with Gasteiger partial charge in [-0.15, -0.1) is 12.4 Å². The quantitative estimate of drug-likeness (QED) is 0.637. The molecule has 1 aromatic carbocycles. The second-order valence-electron chi connectivity index (χ2n) is 4.49. The summed E-state index contributed by atoms with van der Waals surface area (Å²) in [6.07, 6.45) is 1.18. The second kappa shape index (κ2) is 10.6. The molecule has 0 bridgehead atoms. The van der Waals surface area contributed by atoms with Crippen LogP contribution in [0.25, 0.3) is 0 Å².